The molecule has 0 unspecified atom stereocenters. The number of nitrogens with one attached hydrogen (secondary N) is 2. The predicted octanol–water partition coefficient (Wildman–Crippen LogP) is 1.93. The summed E-state index contributed by atoms with van der Waals surface area (Å²) >= 11 is 1.15. The quantitative estimate of drug-likeness (QED) is 0.735. The molecule has 10 heteroatoms. The van der Waals surface area contributed by atoms with E-state index in [4.69, 9.17) is 0 Å². The average Bonchev–Trinajstić information content (AvgIpc) is 3.21. The molecule has 128 valence electrons. The van der Waals surface area contributed by atoms with Gasteiger partial charge in [0.25, 0.3) is 11.8 Å². The van der Waals surface area contributed by atoms with Crippen LogP contribution in [0.3, 0.4) is 0 Å². The lowest BCUT2D eigenvalue weighted by atomic mass is 10.3. The predicted molar refractivity (Wildman–Crippen MR) is 89.7 cm³/mol. The lowest BCUT2D eigenvalue weighted by molar-refractivity contribution is 0.0926. The number of rotatable bonds is 4. The zero-order valence-corrected chi connectivity index (χ0v) is 13.9. The van der Waals surface area contributed by atoms with Gasteiger partial charge >= 0.3 is 6.09 Å². The van der Waals surface area contributed by atoms with Crippen LogP contribution in [0.1, 0.15) is 27.8 Å². The summed E-state index contributed by atoms with van der Waals surface area (Å²) in [6.45, 7) is 1.78. The second-order valence-corrected chi connectivity index (χ2v) is 5.66. The molecule has 0 aromatic carbocycles. The Morgan fingerprint density at radius 1 is 1.32 bits per heavy atom. The number of fused-ring (bicyclic) bond motifs is 1. The van der Waals surface area contributed by atoms with Crippen LogP contribution in [0.15, 0.2) is 36.0 Å². The fraction of sp³-hybridized carbons (Fsp3) is 0.133. The molecule has 0 spiro atoms. The minimum Gasteiger partial charge on any atom is -0.450 e. The number of carbonyl (C=O) groups excluding carboxylic acids is 3. The van der Waals surface area contributed by atoms with Gasteiger partial charge in [-0.1, -0.05) is 0 Å². The fourth-order valence-corrected chi connectivity index (χ4v) is 2.80. The van der Waals surface area contributed by atoms with Crippen molar-refractivity contribution in [3.8, 4) is 0 Å². The Morgan fingerprint density at radius 3 is 2.92 bits per heavy atom. The Hall–Kier alpha value is -3.27. The van der Waals surface area contributed by atoms with Crippen LogP contribution in [-0.2, 0) is 4.74 Å². The highest BCUT2D eigenvalue weighted by atomic mass is 32.1. The Labute approximate surface area is 145 Å². The van der Waals surface area contributed by atoms with Crippen LogP contribution in [0.4, 0.5) is 9.80 Å². The molecule has 3 heterocycles. The molecule has 0 radical (unpaired) electrons. The number of ether oxygens (including phenoxy) is 1. The summed E-state index contributed by atoms with van der Waals surface area (Å²) in [4.78, 5) is 39.9. The third kappa shape index (κ3) is 3.63. The van der Waals surface area contributed by atoms with Gasteiger partial charge in [0.1, 0.15) is 5.00 Å². The maximum Gasteiger partial charge on any atom is 0.414 e. The molecule has 3 amide bonds. The first-order valence-electron chi connectivity index (χ1n) is 7.26. The van der Waals surface area contributed by atoms with Crippen molar-refractivity contribution in [2.45, 2.75) is 6.92 Å². The van der Waals surface area contributed by atoms with E-state index in [1.807, 2.05) is 0 Å². The van der Waals surface area contributed by atoms with Crippen LogP contribution < -0.4 is 10.6 Å². The molecule has 0 bridgehead atoms. The molecule has 2 N–H and O–H groups in total. The van der Waals surface area contributed by atoms with Crippen molar-refractivity contribution in [2.75, 3.05) is 11.9 Å². The van der Waals surface area contributed by atoms with Crippen LogP contribution >= 0.6 is 11.3 Å². The SMILES string of the molecule is CCOC(=O)NC(=O)c1ccsc1NC(=O)c1cc2ncccn2n1. The van der Waals surface area contributed by atoms with Gasteiger partial charge in [0, 0.05) is 18.5 Å². The van der Waals surface area contributed by atoms with Crippen molar-refractivity contribution in [2.24, 2.45) is 0 Å². The number of carbonyl (C=O) groups is 3. The van der Waals surface area contributed by atoms with Crippen molar-refractivity contribution in [1.29, 1.82) is 0 Å². The lowest BCUT2D eigenvalue weighted by Crippen LogP contribution is -2.31. The number of hydrogen-bond donors (Lipinski definition) is 2. The van der Waals surface area contributed by atoms with Crippen LogP contribution in [0.5, 0.6) is 0 Å². The highest BCUT2D eigenvalue weighted by molar-refractivity contribution is 7.14. The molecular formula is C15H13N5O4S. The molecule has 3 aromatic heterocycles. The van der Waals surface area contributed by atoms with E-state index in [0.29, 0.717) is 10.6 Å². The summed E-state index contributed by atoms with van der Waals surface area (Å²) in [5.41, 5.74) is 0.844. The van der Waals surface area contributed by atoms with E-state index in [1.54, 1.807) is 30.8 Å². The van der Waals surface area contributed by atoms with Gasteiger partial charge in [-0.3, -0.25) is 14.9 Å². The molecule has 25 heavy (non-hydrogen) atoms. The summed E-state index contributed by atoms with van der Waals surface area (Å²) in [6, 6.07) is 4.72. The molecule has 0 aliphatic carbocycles. The van der Waals surface area contributed by atoms with E-state index in [1.165, 1.54) is 16.6 Å². The molecule has 3 rings (SSSR count). The Kier molecular flexibility index (Phi) is 4.70. The van der Waals surface area contributed by atoms with Gasteiger partial charge in [0.05, 0.1) is 12.2 Å². The summed E-state index contributed by atoms with van der Waals surface area (Å²) in [5, 5.41) is 10.7. The summed E-state index contributed by atoms with van der Waals surface area (Å²) in [7, 11) is 0. The largest absolute Gasteiger partial charge is 0.450 e. The molecule has 0 aliphatic rings. The van der Waals surface area contributed by atoms with Gasteiger partial charge in [-0.25, -0.2) is 14.3 Å². The molecule has 9 nitrogen and oxygen atoms in total. The van der Waals surface area contributed by atoms with Crippen LogP contribution in [0.25, 0.3) is 5.65 Å². The molecule has 0 fully saturated rings. The van der Waals surface area contributed by atoms with Gasteiger partial charge in [0.2, 0.25) is 0 Å². The standard InChI is InChI=1S/C15H13N5O4S/c1-2-24-15(23)18-12(21)9-4-7-25-14(9)17-13(22)10-8-11-16-5-3-6-20(11)19-10/h3-8H,2H2,1H3,(H,17,22)(H,18,21,23). The fourth-order valence-electron chi connectivity index (χ4n) is 2.02. The third-order valence-corrected chi connectivity index (χ3v) is 3.93. The molecule has 0 saturated heterocycles. The van der Waals surface area contributed by atoms with E-state index in [2.05, 4.69) is 25.5 Å². The van der Waals surface area contributed by atoms with Gasteiger partial charge in [-0.2, -0.15) is 5.10 Å². The number of imide groups is 1. The Bertz CT molecular complexity index is 915. The summed E-state index contributed by atoms with van der Waals surface area (Å²) < 4.78 is 6.13. The minimum atomic E-state index is -0.845. The van der Waals surface area contributed by atoms with E-state index in [9.17, 15) is 14.4 Å². The summed E-state index contributed by atoms with van der Waals surface area (Å²) in [6.07, 6.45) is 2.42. The average molecular weight is 359 g/mol. The van der Waals surface area contributed by atoms with Gasteiger partial charge < -0.3 is 10.1 Å². The maximum absolute atomic E-state index is 12.3. The van der Waals surface area contributed by atoms with E-state index < -0.39 is 17.9 Å². The van der Waals surface area contributed by atoms with Gasteiger partial charge in [0.15, 0.2) is 11.3 Å². The first kappa shape index (κ1) is 16.6. The number of alkyl carbamates (subject to hydrolysis) is 1. The number of hydrogen-bond acceptors (Lipinski definition) is 7. The number of amides is 3. The Balaban J connectivity index is 1.75. The molecular weight excluding hydrogens is 346 g/mol. The van der Waals surface area contributed by atoms with E-state index in [0.717, 1.165) is 11.3 Å². The lowest BCUT2D eigenvalue weighted by Gasteiger charge is -2.06. The van der Waals surface area contributed by atoms with Crippen LogP contribution in [0, 0.1) is 0 Å². The van der Waals surface area contributed by atoms with E-state index in [-0.39, 0.29) is 17.9 Å². The molecule has 0 saturated carbocycles. The first-order valence-corrected chi connectivity index (χ1v) is 8.14. The molecule has 0 atom stereocenters. The van der Waals surface area contributed by atoms with Crippen molar-refractivity contribution in [1.82, 2.24) is 19.9 Å². The first-order chi connectivity index (χ1) is 12.1. The van der Waals surface area contributed by atoms with Crippen molar-refractivity contribution < 1.29 is 19.1 Å². The number of nitrogens with zero attached hydrogens (tertiary/aromatic N) is 3. The second kappa shape index (κ2) is 7.09. The molecule has 0 aliphatic heterocycles. The van der Waals surface area contributed by atoms with Crippen LogP contribution in [-0.4, -0.2) is 39.1 Å². The third-order valence-electron chi connectivity index (χ3n) is 3.10. The number of aromatic nitrogens is 3. The molecule has 3 aromatic rings. The topological polar surface area (TPSA) is 115 Å². The zero-order chi connectivity index (χ0) is 17.8. The minimum absolute atomic E-state index is 0.147. The zero-order valence-electron chi connectivity index (χ0n) is 13.1. The Morgan fingerprint density at radius 2 is 2.16 bits per heavy atom. The van der Waals surface area contributed by atoms with Crippen molar-refractivity contribution in [3.05, 3.63) is 47.2 Å². The van der Waals surface area contributed by atoms with E-state index >= 15 is 0 Å². The second-order valence-electron chi connectivity index (χ2n) is 4.74. The summed E-state index contributed by atoms with van der Waals surface area (Å²) in [5.74, 6) is -1.15. The van der Waals surface area contributed by atoms with Gasteiger partial charge in [-0.15, -0.1) is 11.3 Å². The van der Waals surface area contributed by atoms with Crippen LogP contribution in [0.2, 0.25) is 0 Å². The normalized spacial score (nSPS) is 10.4. The van der Waals surface area contributed by atoms with Crippen molar-refractivity contribution >= 4 is 39.9 Å². The maximum atomic E-state index is 12.3. The smallest absolute Gasteiger partial charge is 0.414 e. The number of anilines is 1. The highest BCUT2D eigenvalue weighted by Crippen LogP contribution is 2.24. The van der Waals surface area contributed by atoms with Crippen molar-refractivity contribution in [3.63, 3.8) is 0 Å². The number of thiophene rings is 1. The highest BCUT2D eigenvalue weighted by Gasteiger charge is 2.19. The monoisotopic (exact) mass is 359 g/mol. The van der Waals surface area contributed by atoms with Gasteiger partial charge in [-0.05, 0) is 24.4 Å².